The summed E-state index contributed by atoms with van der Waals surface area (Å²) in [7, 11) is 0. The van der Waals surface area contributed by atoms with Gasteiger partial charge in [-0.1, -0.05) is 25.6 Å². The Labute approximate surface area is 134 Å². The van der Waals surface area contributed by atoms with Crippen molar-refractivity contribution < 1.29 is 9.90 Å². The van der Waals surface area contributed by atoms with Crippen LogP contribution in [0.25, 0.3) is 0 Å². The van der Waals surface area contributed by atoms with E-state index in [2.05, 4.69) is 19.2 Å². The molecule has 0 saturated carbocycles. The van der Waals surface area contributed by atoms with Gasteiger partial charge in [0.1, 0.15) is 5.75 Å². The highest BCUT2D eigenvalue weighted by atomic mass is 32.2. The van der Waals surface area contributed by atoms with E-state index in [0.717, 1.165) is 20.9 Å². The molecular formula is C17H20N2O2S. The summed E-state index contributed by atoms with van der Waals surface area (Å²) < 4.78 is 0. The zero-order chi connectivity index (χ0) is 16.3. The van der Waals surface area contributed by atoms with Crippen LogP contribution in [0.5, 0.6) is 5.75 Å². The molecule has 0 fully saturated rings. The molecule has 116 valence electrons. The summed E-state index contributed by atoms with van der Waals surface area (Å²) in [6.45, 7) is 6.10. The number of carbonyl (C=O) groups is 1. The first-order valence-electron chi connectivity index (χ1n) is 7.04. The molecule has 2 aromatic carbocycles. The van der Waals surface area contributed by atoms with Crippen LogP contribution in [-0.2, 0) is 0 Å². The second-order valence-corrected chi connectivity index (χ2v) is 6.56. The summed E-state index contributed by atoms with van der Waals surface area (Å²) in [4.78, 5) is 13.0. The first-order chi connectivity index (χ1) is 10.4. The SMILES string of the molecule is Cc1cc(O)c(C(C)C)cc1Sc1ccc(NC(N)=O)cc1. The van der Waals surface area contributed by atoms with Gasteiger partial charge in [-0.25, -0.2) is 4.79 Å². The zero-order valence-corrected chi connectivity index (χ0v) is 13.7. The van der Waals surface area contributed by atoms with Crippen molar-refractivity contribution >= 4 is 23.5 Å². The Kier molecular flexibility index (Phi) is 4.98. The van der Waals surface area contributed by atoms with Gasteiger partial charge in [-0.05, 0) is 60.4 Å². The Bertz CT molecular complexity index is 682. The molecule has 0 spiro atoms. The number of hydrogen-bond donors (Lipinski definition) is 3. The number of anilines is 1. The molecule has 0 heterocycles. The Morgan fingerprint density at radius 1 is 1.23 bits per heavy atom. The van der Waals surface area contributed by atoms with Crippen molar-refractivity contribution in [3.63, 3.8) is 0 Å². The summed E-state index contributed by atoms with van der Waals surface area (Å²) in [5.74, 6) is 0.611. The third kappa shape index (κ3) is 3.95. The van der Waals surface area contributed by atoms with Gasteiger partial charge in [0.15, 0.2) is 0 Å². The highest BCUT2D eigenvalue weighted by Gasteiger charge is 2.11. The molecule has 4 N–H and O–H groups in total. The number of nitrogens with two attached hydrogens (primary N) is 1. The van der Waals surface area contributed by atoms with E-state index in [0.29, 0.717) is 11.4 Å². The number of primary amides is 1. The summed E-state index contributed by atoms with van der Waals surface area (Å²) in [5.41, 5.74) is 7.73. The maximum Gasteiger partial charge on any atom is 0.316 e. The molecule has 0 atom stereocenters. The van der Waals surface area contributed by atoms with Gasteiger partial charge in [-0.2, -0.15) is 0 Å². The van der Waals surface area contributed by atoms with Crippen molar-refractivity contribution in [2.24, 2.45) is 5.73 Å². The number of nitrogens with one attached hydrogen (secondary N) is 1. The summed E-state index contributed by atoms with van der Waals surface area (Å²) in [6, 6.07) is 10.7. The Hall–Kier alpha value is -2.14. The molecule has 0 aliphatic heterocycles. The molecule has 2 amide bonds. The molecular weight excluding hydrogens is 296 g/mol. The highest BCUT2D eigenvalue weighted by molar-refractivity contribution is 7.99. The minimum atomic E-state index is -0.573. The van der Waals surface area contributed by atoms with Gasteiger partial charge in [0.2, 0.25) is 0 Å². The lowest BCUT2D eigenvalue weighted by Gasteiger charge is -2.13. The van der Waals surface area contributed by atoms with Gasteiger partial charge in [0.25, 0.3) is 0 Å². The van der Waals surface area contributed by atoms with Crippen molar-refractivity contribution in [2.75, 3.05) is 5.32 Å². The van der Waals surface area contributed by atoms with E-state index >= 15 is 0 Å². The average molecular weight is 316 g/mol. The summed E-state index contributed by atoms with van der Waals surface area (Å²) >= 11 is 1.63. The fourth-order valence-electron chi connectivity index (χ4n) is 2.14. The molecule has 0 aliphatic carbocycles. The van der Waals surface area contributed by atoms with Crippen molar-refractivity contribution in [3.8, 4) is 5.75 Å². The number of carbonyl (C=O) groups excluding carboxylic acids is 1. The number of phenolic OH excluding ortho intramolecular Hbond substituents is 1. The maximum atomic E-state index is 10.8. The zero-order valence-electron chi connectivity index (χ0n) is 12.9. The molecule has 4 nitrogen and oxygen atoms in total. The van der Waals surface area contributed by atoms with Crippen molar-refractivity contribution in [1.29, 1.82) is 0 Å². The second-order valence-electron chi connectivity index (χ2n) is 5.45. The standard InChI is InChI=1S/C17H20N2O2S/c1-10(2)14-9-16(11(3)8-15(14)20)22-13-6-4-12(5-7-13)19-17(18)21/h4-10,20H,1-3H3,(H3,18,19,21). The smallest absolute Gasteiger partial charge is 0.316 e. The van der Waals surface area contributed by atoms with Gasteiger partial charge >= 0.3 is 6.03 Å². The van der Waals surface area contributed by atoms with Crippen LogP contribution in [0.2, 0.25) is 0 Å². The molecule has 2 rings (SSSR count). The van der Waals surface area contributed by atoms with Crippen molar-refractivity contribution in [3.05, 3.63) is 47.5 Å². The fraction of sp³-hybridized carbons (Fsp3) is 0.235. The van der Waals surface area contributed by atoms with E-state index in [1.54, 1.807) is 17.8 Å². The lowest BCUT2D eigenvalue weighted by Crippen LogP contribution is -2.19. The van der Waals surface area contributed by atoms with Gasteiger partial charge in [-0.15, -0.1) is 0 Å². The lowest BCUT2D eigenvalue weighted by molar-refractivity contribution is 0.259. The molecule has 0 saturated heterocycles. The molecule has 0 radical (unpaired) electrons. The van der Waals surface area contributed by atoms with Gasteiger partial charge < -0.3 is 16.2 Å². The number of urea groups is 1. The first-order valence-corrected chi connectivity index (χ1v) is 7.86. The predicted molar refractivity (Wildman–Crippen MR) is 90.7 cm³/mol. The number of hydrogen-bond acceptors (Lipinski definition) is 3. The Morgan fingerprint density at radius 2 is 1.86 bits per heavy atom. The largest absolute Gasteiger partial charge is 0.508 e. The molecule has 0 unspecified atom stereocenters. The van der Waals surface area contributed by atoms with Gasteiger partial charge in [-0.3, -0.25) is 0 Å². The first kappa shape index (κ1) is 16.2. The fourth-order valence-corrected chi connectivity index (χ4v) is 3.07. The third-order valence-electron chi connectivity index (χ3n) is 3.30. The molecule has 2 aromatic rings. The van der Waals surface area contributed by atoms with Crippen LogP contribution in [0.4, 0.5) is 10.5 Å². The highest BCUT2D eigenvalue weighted by Crippen LogP contribution is 2.36. The second kappa shape index (κ2) is 6.75. The molecule has 0 aromatic heterocycles. The maximum absolute atomic E-state index is 10.8. The van der Waals surface area contributed by atoms with Crippen LogP contribution in [0.3, 0.4) is 0 Å². The quantitative estimate of drug-likeness (QED) is 0.779. The predicted octanol–water partition coefficient (Wildman–Crippen LogP) is 4.47. The topological polar surface area (TPSA) is 75.3 Å². The monoisotopic (exact) mass is 316 g/mol. The average Bonchev–Trinajstić information content (AvgIpc) is 2.42. The van der Waals surface area contributed by atoms with E-state index in [1.807, 2.05) is 37.3 Å². The minimum Gasteiger partial charge on any atom is -0.508 e. The summed E-state index contributed by atoms with van der Waals surface area (Å²) in [5, 5.41) is 12.5. The van der Waals surface area contributed by atoms with E-state index in [-0.39, 0.29) is 5.92 Å². The number of phenols is 1. The number of aryl methyl sites for hydroxylation is 1. The number of rotatable bonds is 4. The molecule has 0 aliphatic rings. The van der Waals surface area contributed by atoms with Crippen molar-refractivity contribution in [2.45, 2.75) is 36.5 Å². The van der Waals surface area contributed by atoms with Crippen LogP contribution in [0.1, 0.15) is 30.9 Å². The van der Waals surface area contributed by atoms with Crippen LogP contribution >= 0.6 is 11.8 Å². The number of amides is 2. The van der Waals surface area contributed by atoms with E-state index < -0.39 is 6.03 Å². The molecule has 0 bridgehead atoms. The molecule has 5 heteroatoms. The third-order valence-corrected chi connectivity index (χ3v) is 4.46. The van der Waals surface area contributed by atoms with E-state index in [4.69, 9.17) is 5.73 Å². The lowest BCUT2D eigenvalue weighted by atomic mass is 10.0. The normalized spacial score (nSPS) is 10.7. The van der Waals surface area contributed by atoms with Gasteiger partial charge in [0, 0.05) is 15.5 Å². The van der Waals surface area contributed by atoms with E-state index in [9.17, 15) is 9.90 Å². The Morgan fingerprint density at radius 3 is 2.41 bits per heavy atom. The van der Waals surface area contributed by atoms with Crippen LogP contribution in [0.15, 0.2) is 46.2 Å². The van der Waals surface area contributed by atoms with Crippen molar-refractivity contribution in [1.82, 2.24) is 0 Å². The van der Waals surface area contributed by atoms with Crippen LogP contribution < -0.4 is 11.1 Å². The minimum absolute atomic E-state index is 0.266. The number of aromatic hydroxyl groups is 1. The molecule has 22 heavy (non-hydrogen) atoms. The van der Waals surface area contributed by atoms with Crippen LogP contribution in [-0.4, -0.2) is 11.1 Å². The number of benzene rings is 2. The summed E-state index contributed by atoms with van der Waals surface area (Å²) in [6.07, 6.45) is 0. The van der Waals surface area contributed by atoms with E-state index in [1.165, 1.54) is 0 Å². The Balaban J connectivity index is 2.23. The van der Waals surface area contributed by atoms with Gasteiger partial charge in [0.05, 0.1) is 0 Å². The van der Waals surface area contributed by atoms with Crippen LogP contribution in [0, 0.1) is 6.92 Å².